The topological polar surface area (TPSA) is 70.8 Å². The Hall–Kier alpha value is -3.56. The number of hydrogen-bond acceptors (Lipinski definition) is 7. The zero-order chi connectivity index (χ0) is 23.4. The largest absolute Gasteiger partial charge is 0.377 e. The van der Waals surface area contributed by atoms with Crippen LogP contribution in [0.15, 0.2) is 60.8 Å². The zero-order valence-corrected chi connectivity index (χ0v) is 19.2. The number of piperazine rings is 1. The number of aromatic nitrogens is 4. The average Bonchev–Trinajstić information content (AvgIpc) is 3.64. The van der Waals surface area contributed by atoms with Gasteiger partial charge in [-0.05, 0) is 48.4 Å². The van der Waals surface area contributed by atoms with E-state index < -0.39 is 0 Å². The summed E-state index contributed by atoms with van der Waals surface area (Å²) in [6.07, 6.45) is 3.01. The van der Waals surface area contributed by atoms with Crippen LogP contribution in [0.2, 0.25) is 0 Å². The molecule has 0 amide bonds. The van der Waals surface area contributed by atoms with Gasteiger partial charge < -0.3 is 19.9 Å². The first-order valence-corrected chi connectivity index (χ1v) is 12.1. The van der Waals surface area contributed by atoms with Crippen LogP contribution >= 0.6 is 0 Å². The van der Waals surface area contributed by atoms with E-state index in [1.54, 1.807) is 12.1 Å². The van der Waals surface area contributed by atoms with Gasteiger partial charge in [0.05, 0.1) is 31.1 Å². The van der Waals surface area contributed by atoms with Gasteiger partial charge >= 0.3 is 0 Å². The molecule has 9 heteroatoms. The molecule has 0 aliphatic carbocycles. The molecule has 3 aliphatic heterocycles. The normalized spacial score (nSPS) is 24.0. The number of ether oxygens (including phenoxy) is 1. The van der Waals surface area contributed by atoms with E-state index in [1.165, 1.54) is 12.5 Å². The smallest absolute Gasteiger partial charge is 0.154 e. The second-order valence-electron chi connectivity index (χ2n) is 9.47. The Morgan fingerprint density at radius 2 is 1.97 bits per heavy atom. The number of morpholine rings is 1. The minimum atomic E-state index is -0.249. The van der Waals surface area contributed by atoms with Gasteiger partial charge in [-0.1, -0.05) is 18.2 Å². The monoisotopic (exact) mass is 471 g/mol. The van der Waals surface area contributed by atoms with E-state index >= 15 is 0 Å². The fourth-order valence-electron chi connectivity index (χ4n) is 5.63. The molecule has 178 valence electrons. The maximum atomic E-state index is 14.0. The minimum Gasteiger partial charge on any atom is -0.377 e. The number of halogens is 1. The van der Waals surface area contributed by atoms with Crippen molar-refractivity contribution in [1.29, 1.82) is 0 Å². The summed E-state index contributed by atoms with van der Waals surface area (Å²) >= 11 is 0. The van der Waals surface area contributed by atoms with E-state index in [1.807, 2.05) is 35.0 Å². The van der Waals surface area contributed by atoms with Gasteiger partial charge in [-0.25, -0.2) is 18.9 Å². The minimum absolute atomic E-state index is 0.114. The van der Waals surface area contributed by atoms with Crippen LogP contribution < -0.4 is 15.1 Å². The number of hydrogen-bond donors (Lipinski definition) is 1. The molecular formula is C26H26FN7O. The quantitative estimate of drug-likeness (QED) is 0.491. The lowest BCUT2D eigenvalue weighted by atomic mass is 10.0. The second kappa shape index (κ2) is 8.28. The predicted octanol–water partition coefficient (Wildman–Crippen LogP) is 3.06. The van der Waals surface area contributed by atoms with Gasteiger partial charge in [0.2, 0.25) is 0 Å². The van der Waals surface area contributed by atoms with Crippen LogP contribution in [-0.2, 0) is 4.74 Å². The Morgan fingerprint density at radius 1 is 1.03 bits per heavy atom. The molecule has 8 nitrogen and oxygen atoms in total. The molecule has 0 spiro atoms. The first-order chi connectivity index (χ1) is 17.2. The lowest BCUT2D eigenvalue weighted by molar-refractivity contribution is 0.0935. The zero-order valence-electron chi connectivity index (χ0n) is 19.2. The molecule has 3 saturated heterocycles. The molecular weight excluding hydrogens is 445 g/mol. The van der Waals surface area contributed by atoms with E-state index in [0.29, 0.717) is 31.8 Å². The van der Waals surface area contributed by atoms with E-state index in [2.05, 4.69) is 32.2 Å². The number of fused-ring (bicyclic) bond motifs is 3. The highest BCUT2D eigenvalue weighted by Gasteiger charge is 2.38. The summed E-state index contributed by atoms with van der Waals surface area (Å²) in [5.74, 6) is 1.55. The standard InChI is InChI=1S/C26H26FN7O/c27-18-4-1-3-17(11-18)23-16-35-10-9-32(23)26-8-7-24-29-14-22(34(24)31-26)21-5-2-6-25(30-21)33-15-19-12-20(33)13-28-19/h1-8,11,14,19-20,23,28H,9-10,12-13,15-16H2. The van der Waals surface area contributed by atoms with Crippen LogP contribution in [0.5, 0.6) is 0 Å². The first-order valence-electron chi connectivity index (χ1n) is 12.1. The van der Waals surface area contributed by atoms with Crippen molar-refractivity contribution in [3.05, 3.63) is 72.2 Å². The summed E-state index contributed by atoms with van der Waals surface area (Å²) in [6, 6.07) is 17.8. The molecule has 3 aliphatic rings. The summed E-state index contributed by atoms with van der Waals surface area (Å²) in [5, 5.41) is 8.52. The van der Waals surface area contributed by atoms with E-state index in [-0.39, 0.29) is 11.9 Å². The lowest BCUT2D eigenvalue weighted by Crippen LogP contribution is -2.44. The number of imidazole rings is 1. The third-order valence-corrected chi connectivity index (χ3v) is 7.35. The summed E-state index contributed by atoms with van der Waals surface area (Å²) in [5.41, 5.74) is 3.33. The summed E-state index contributed by atoms with van der Waals surface area (Å²) in [6.45, 7) is 3.76. The van der Waals surface area contributed by atoms with Crippen molar-refractivity contribution in [2.24, 2.45) is 0 Å². The van der Waals surface area contributed by atoms with Crippen LogP contribution in [0.3, 0.4) is 0 Å². The fourth-order valence-corrected chi connectivity index (χ4v) is 5.63. The highest BCUT2D eigenvalue weighted by Crippen LogP contribution is 2.32. The predicted molar refractivity (Wildman–Crippen MR) is 131 cm³/mol. The van der Waals surface area contributed by atoms with E-state index in [9.17, 15) is 4.39 Å². The van der Waals surface area contributed by atoms with Gasteiger partial charge in [0.1, 0.15) is 23.1 Å². The van der Waals surface area contributed by atoms with Crippen LogP contribution in [0.1, 0.15) is 18.0 Å². The molecule has 0 saturated carbocycles. The molecule has 3 fully saturated rings. The summed E-state index contributed by atoms with van der Waals surface area (Å²) < 4.78 is 21.6. The van der Waals surface area contributed by atoms with Crippen molar-refractivity contribution >= 4 is 17.3 Å². The molecule has 6 heterocycles. The number of anilines is 2. The molecule has 1 aromatic carbocycles. The molecule has 1 N–H and O–H groups in total. The highest BCUT2D eigenvalue weighted by atomic mass is 19.1. The number of rotatable bonds is 4. The van der Waals surface area contributed by atoms with Gasteiger partial charge in [0.15, 0.2) is 5.65 Å². The van der Waals surface area contributed by atoms with Crippen molar-refractivity contribution in [3.63, 3.8) is 0 Å². The Bertz CT molecular complexity index is 1390. The van der Waals surface area contributed by atoms with Crippen molar-refractivity contribution in [3.8, 4) is 11.4 Å². The maximum Gasteiger partial charge on any atom is 0.154 e. The van der Waals surface area contributed by atoms with E-state index in [0.717, 1.165) is 47.3 Å². The Labute approximate surface area is 202 Å². The van der Waals surface area contributed by atoms with E-state index in [4.69, 9.17) is 14.8 Å². The molecule has 3 atom stereocenters. The number of pyridine rings is 1. The fraction of sp³-hybridized carbons (Fsp3) is 0.346. The molecule has 35 heavy (non-hydrogen) atoms. The van der Waals surface area contributed by atoms with Gasteiger partial charge in [-0.3, -0.25) is 0 Å². The van der Waals surface area contributed by atoms with Gasteiger partial charge in [-0.2, -0.15) is 0 Å². The summed E-state index contributed by atoms with van der Waals surface area (Å²) in [4.78, 5) is 14.2. The van der Waals surface area contributed by atoms with Crippen molar-refractivity contribution in [2.75, 3.05) is 42.6 Å². The molecule has 3 unspecified atom stereocenters. The third kappa shape index (κ3) is 3.62. The van der Waals surface area contributed by atoms with Gasteiger partial charge in [0.25, 0.3) is 0 Å². The van der Waals surface area contributed by atoms with Crippen molar-refractivity contribution in [2.45, 2.75) is 24.5 Å². The maximum absolute atomic E-state index is 14.0. The van der Waals surface area contributed by atoms with Crippen molar-refractivity contribution < 1.29 is 9.13 Å². The van der Waals surface area contributed by atoms with Crippen LogP contribution in [0.4, 0.5) is 16.0 Å². The Kier molecular flexibility index (Phi) is 4.92. The highest BCUT2D eigenvalue weighted by molar-refractivity contribution is 5.63. The molecule has 7 rings (SSSR count). The molecule has 0 radical (unpaired) electrons. The number of nitrogens with one attached hydrogen (secondary N) is 1. The van der Waals surface area contributed by atoms with Crippen molar-refractivity contribution in [1.82, 2.24) is 24.9 Å². The second-order valence-corrected chi connectivity index (χ2v) is 9.47. The first kappa shape index (κ1) is 20.8. The lowest BCUT2D eigenvalue weighted by Gasteiger charge is -2.36. The van der Waals surface area contributed by atoms with Gasteiger partial charge in [0, 0.05) is 31.7 Å². The van der Waals surface area contributed by atoms with Crippen LogP contribution in [0, 0.1) is 5.82 Å². The van der Waals surface area contributed by atoms with Crippen LogP contribution in [-0.4, -0.2) is 64.5 Å². The molecule has 2 bridgehead atoms. The third-order valence-electron chi connectivity index (χ3n) is 7.35. The SMILES string of the molecule is Fc1cccc(C2COCCN2c2ccc3ncc(-c4cccc(N5CC6CC5CN6)n4)n3n2)c1. The average molecular weight is 472 g/mol. The Morgan fingerprint density at radius 3 is 2.83 bits per heavy atom. The number of benzene rings is 1. The Balaban J connectivity index is 1.25. The molecule has 4 aromatic rings. The summed E-state index contributed by atoms with van der Waals surface area (Å²) in [7, 11) is 0. The van der Waals surface area contributed by atoms with Gasteiger partial charge in [-0.15, -0.1) is 5.10 Å². The molecule has 3 aromatic heterocycles. The number of nitrogens with zero attached hydrogens (tertiary/aromatic N) is 6. The van der Waals surface area contributed by atoms with Crippen LogP contribution in [0.25, 0.3) is 17.0 Å².